The van der Waals surface area contributed by atoms with E-state index in [9.17, 15) is 4.79 Å². The summed E-state index contributed by atoms with van der Waals surface area (Å²) in [6, 6.07) is 3.68. The van der Waals surface area contributed by atoms with E-state index >= 15 is 0 Å². The Hall–Kier alpha value is -1.28. The third-order valence-corrected chi connectivity index (χ3v) is 3.38. The minimum atomic E-state index is 0.0764. The first kappa shape index (κ1) is 11.2. The molecule has 0 saturated heterocycles. The van der Waals surface area contributed by atoms with Crippen molar-refractivity contribution in [3.8, 4) is 0 Å². The molecule has 0 saturated carbocycles. The van der Waals surface area contributed by atoms with Crippen LogP contribution in [0.4, 0.5) is 0 Å². The van der Waals surface area contributed by atoms with E-state index in [1.165, 1.54) is 0 Å². The predicted octanol–water partition coefficient (Wildman–Crippen LogP) is 3.36. The van der Waals surface area contributed by atoms with Crippen molar-refractivity contribution in [3.05, 3.63) is 44.2 Å². The maximum absolute atomic E-state index is 12.1. The fourth-order valence-electron chi connectivity index (χ4n) is 1.92. The molecule has 0 atom stereocenters. The topological polar surface area (TPSA) is 32.9 Å². The van der Waals surface area contributed by atoms with E-state index in [0.717, 1.165) is 28.8 Å². The van der Waals surface area contributed by atoms with Crippen LogP contribution in [0.5, 0.6) is 0 Å². The van der Waals surface area contributed by atoms with Gasteiger partial charge >= 0.3 is 0 Å². The number of aromatic amines is 1. The van der Waals surface area contributed by atoms with Crippen molar-refractivity contribution in [2.45, 2.75) is 27.2 Å². The number of fused-ring (bicyclic) bond motifs is 1. The number of hydrogen-bond acceptors (Lipinski definition) is 1. The minimum Gasteiger partial charge on any atom is -0.358 e. The summed E-state index contributed by atoms with van der Waals surface area (Å²) in [5.41, 5.74) is 3.71. The number of nitrogens with one attached hydrogen (secondary N) is 1. The lowest BCUT2D eigenvalue weighted by Crippen LogP contribution is -2.11. The Morgan fingerprint density at radius 1 is 1.31 bits per heavy atom. The zero-order valence-electron chi connectivity index (χ0n) is 9.65. The fourth-order valence-corrected chi connectivity index (χ4v) is 2.09. The molecular formula is C13H14ClNO. The molecule has 84 valence electrons. The Morgan fingerprint density at radius 3 is 2.62 bits per heavy atom. The smallest absolute Gasteiger partial charge is 0.192 e. The largest absolute Gasteiger partial charge is 0.358 e. The molecule has 0 spiro atoms. The molecule has 0 amide bonds. The molecule has 0 radical (unpaired) electrons. The monoisotopic (exact) mass is 235 g/mol. The van der Waals surface area contributed by atoms with Gasteiger partial charge in [-0.1, -0.05) is 18.5 Å². The van der Waals surface area contributed by atoms with E-state index in [1.54, 1.807) is 6.07 Å². The highest BCUT2D eigenvalue weighted by molar-refractivity contribution is 6.32. The van der Waals surface area contributed by atoms with E-state index in [-0.39, 0.29) is 5.43 Å². The molecule has 1 heterocycles. The molecule has 3 heteroatoms. The Balaban J connectivity index is 2.93. The van der Waals surface area contributed by atoms with Crippen molar-refractivity contribution in [1.82, 2.24) is 4.98 Å². The number of aromatic nitrogens is 1. The van der Waals surface area contributed by atoms with Gasteiger partial charge in [0, 0.05) is 27.2 Å². The molecule has 1 aromatic carbocycles. The summed E-state index contributed by atoms with van der Waals surface area (Å²) in [6.45, 7) is 5.82. The van der Waals surface area contributed by atoms with Gasteiger partial charge < -0.3 is 4.98 Å². The number of H-pyrrole nitrogens is 1. The first-order valence-corrected chi connectivity index (χ1v) is 5.74. The van der Waals surface area contributed by atoms with Gasteiger partial charge in [-0.2, -0.15) is 0 Å². The average Bonchev–Trinajstić information content (AvgIpc) is 2.26. The first-order chi connectivity index (χ1) is 7.54. The van der Waals surface area contributed by atoms with E-state index in [1.807, 2.05) is 26.8 Å². The molecule has 0 bridgehead atoms. The molecule has 16 heavy (non-hydrogen) atoms. The summed E-state index contributed by atoms with van der Waals surface area (Å²) in [4.78, 5) is 15.4. The van der Waals surface area contributed by atoms with Crippen LogP contribution in [-0.2, 0) is 6.42 Å². The molecule has 2 nitrogen and oxygen atoms in total. The van der Waals surface area contributed by atoms with Crippen LogP contribution in [0.15, 0.2) is 16.9 Å². The number of aryl methyl sites for hydroxylation is 2. The molecule has 0 aliphatic heterocycles. The molecule has 1 N–H and O–H groups in total. The zero-order chi connectivity index (χ0) is 11.9. The van der Waals surface area contributed by atoms with Crippen molar-refractivity contribution in [2.24, 2.45) is 0 Å². The molecule has 0 unspecified atom stereocenters. The fraction of sp³-hybridized carbons (Fsp3) is 0.308. The standard InChI is InChI=1S/C13H14ClNO/c1-4-11-8(3)13(16)9-6-10(14)7(2)5-12(9)15-11/h5-6H,4H2,1-3H3,(H,15,16). The van der Waals surface area contributed by atoms with Crippen molar-refractivity contribution >= 4 is 22.5 Å². The van der Waals surface area contributed by atoms with Gasteiger partial charge in [0.15, 0.2) is 5.43 Å². The SMILES string of the molecule is CCc1[nH]c2cc(C)c(Cl)cc2c(=O)c1C. The van der Waals surface area contributed by atoms with E-state index in [4.69, 9.17) is 11.6 Å². The lowest BCUT2D eigenvalue weighted by atomic mass is 10.1. The second-order valence-corrected chi connectivity index (χ2v) is 4.47. The van der Waals surface area contributed by atoms with E-state index in [0.29, 0.717) is 10.4 Å². The number of halogens is 1. The van der Waals surface area contributed by atoms with Gasteiger partial charge in [0.25, 0.3) is 0 Å². The number of benzene rings is 1. The quantitative estimate of drug-likeness (QED) is 0.808. The highest BCUT2D eigenvalue weighted by Gasteiger charge is 2.08. The summed E-state index contributed by atoms with van der Waals surface area (Å²) in [7, 11) is 0. The normalized spacial score (nSPS) is 11.0. The third kappa shape index (κ3) is 1.63. The second kappa shape index (κ2) is 3.95. The lowest BCUT2D eigenvalue weighted by Gasteiger charge is -2.07. The highest BCUT2D eigenvalue weighted by atomic mass is 35.5. The van der Waals surface area contributed by atoms with Crippen molar-refractivity contribution in [1.29, 1.82) is 0 Å². The summed E-state index contributed by atoms with van der Waals surface area (Å²) in [6.07, 6.45) is 0.832. The zero-order valence-corrected chi connectivity index (χ0v) is 10.4. The Morgan fingerprint density at radius 2 is 2.00 bits per heavy atom. The van der Waals surface area contributed by atoms with Gasteiger partial charge in [0.05, 0.1) is 0 Å². The average molecular weight is 236 g/mol. The number of pyridine rings is 1. The van der Waals surface area contributed by atoms with E-state index in [2.05, 4.69) is 4.98 Å². The van der Waals surface area contributed by atoms with Crippen molar-refractivity contribution < 1.29 is 0 Å². The van der Waals surface area contributed by atoms with Crippen LogP contribution in [0.1, 0.15) is 23.7 Å². The highest BCUT2D eigenvalue weighted by Crippen LogP contribution is 2.21. The van der Waals surface area contributed by atoms with Crippen LogP contribution >= 0.6 is 11.6 Å². The molecule has 1 aromatic heterocycles. The van der Waals surface area contributed by atoms with Crippen molar-refractivity contribution in [3.63, 3.8) is 0 Å². The summed E-state index contributed by atoms with van der Waals surface area (Å²) in [5, 5.41) is 1.31. The van der Waals surface area contributed by atoms with Crippen LogP contribution in [0.25, 0.3) is 10.9 Å². The third-order valence-electron chi connectivity index (χ3n) is 2.98. The Bertz CT molecular complexity index is 613. The van der Waals surface area contributed by atoms with Crippen LogP contribution in [0.3, 0.4) is 0 Å². The molecule has 0 fully saturated rings. The molecule has 0 aliphatic carbocycles. The Labute approximate surface area is 99.3 Å². The van der Waals surface area contributed by atoms with Crippen LogP contribution in [0, 0.1) is 13.8 Å². The van der Waals surface area contributed by atoms with Gasteiger partial charge in [-0.3, -0.25) is 4.79 Å². The van der Waals surface area contributed by atoms with Crippen LogP contribution in [-0.4, -0.2) is 4.98 Å². The molecular weight excluding hydrogens is 222 g/mol. The van der Waals surface area contributed by atoms with Gasteiger partial charge in [0.1, 0.15) is 0 Å². The maximum atomic E-state index is 12.1. The van der Waals surface area contributed by atoms with Crippen LogP contribution in [0.2, 0.25) is 5.02 Å². The number of rotatable bonds is 1. The van der Waals surface area contributed by atoms with Gasteiger partial charge in [0.2, 0.25) is 0 Å². The summed E-state index contributed by atoms with van der Waals surface area (Å²) >= 11 is 6.03. The summed E-state index contributed by atoms with van der Waals surface area (Å²) < 4.78 is 0. The lowest BCUT2D eigenvalue weighted by molar-refractivity contribution is 1.02. The molecule has 2 rings (SSSR count). The maximum Gasteiger partial charge on any atom is 0.192 e. The van der Waals surface area contributed by atoms with Crippen LogP contribution < -0.4 is 5.43 Å². The summed E-state index contributed by atoms with van der Waals surface area (Å²) in [5.74, 6) is 0. The molecule has 0 aliphatic rings. The number of hydrogen-bond donors (Lipinski definition) is 1. The van der Waals surface area contributed by atoms with Gasteiger partial charge in [-0.25, -0.2) is 0 Å². The van der Waals surface area contributed by atoms with Gasteiger partial charge in [-0.05, 0) is 38.0 Å². The molecule has 2 aromatic rings. The predicted molar refractivity (Wildman–Crippen MR) is 68.4 cm³/mol. The first-order valence-electron chi connectivity index (χ1n) is 5.36. The van der Waals surface area contributed by atoms with Crippen molar-refractivity contribution in [2.75, 3.05) is 0 Å². The second-order valence-electron chi connectivity index (χ2n) is 4.06. The van der Waals surface area contributed by atoms with Gasteiger partial charge in [-0.15, -0.1) is 0 Å². The van der Waals surface area contributed by atoms with E-state index < -0.39 is 0 Å². The minimum absolute atomic E-state index is 0.0764. The Kier molecular flexibility index (Phi) is 2.76.